The van der Waals surface area contributed by atoms with Gasteiger partial charge >= 0.3 is 17.9 Å². The van der Waals surface area contributed by atoms with Crippen molar-refractivity contribution in [2.24, 2.45) is 16.8 Å². The van der Waals surface area contributed by atoms with Crippen LogP contribution in [0.25, 0.3) is 44.1 Å². The van der Waals surface area contributed by atoms with E-state index in [2.05, 4.69) is 102 Å². The maximum Gasteiger partial charge on any atom is 0.328 e. The molecule has 0 radical (unpaired) electrons. The molecular formula is C47H57ClI2N16O9. The maximum absolute atomic E-state index is 11.8. The van der Waals surface area contributed by atoms with Crippen molar-refractivity contribution in [2.45, 2.75) is 106 Å². The summed E-state index contributed by atoms with van der Waals surface area (Å²) in [6, 6.07) is 16.6. The third kappa shape index (κ3) is 20.0. The maximum atomic E-state index is 11.8. The molecule has 8 aromatic rings. The van der Waals surface area contributed by atoms with Gasteiger partial charge in [0.05, 0.1) is 21.5 Å². The van der Waals surface area contributed by atoms with Gasteiger partial charge in [-0.2, -0.15) is 25.7 Å². The third-order valence-corrected chi connectivity index (χ3v) is 10.4. The van der Waals surface area contributed by atoms with Gasteiger partial charge < -0.3 is 30.4 Å². The van der Waals surface area contributed by atoms with Gasteiger partial charge in [-0.15, -0.1) is 11.6 Å². The number of fused-ring (bicyclic) bond motifs is 4. The largest absolute Gasteiger partial charge is 0.459 e. The molecule has 0 aromatic carbocycles. The highest BCUT2D eigenvalue weighted by Gasteiger charge is 2.21. The minimum Gasteiger partial charge on any atom is -0.459 e. The first-order chi connectivity index (χ1) is 35.2. The lowest BCUT2D eigenvalue weighted by Crippen LogP contribution is -2.26. The number of nitriles is 1. The number of halogens is 3. The van der Waals surface area contributed by atoms with E-state index in [0.29, 0.717) is 33.4 Å². The highest BCUT2D eigenvalue weighted by atomic mass is 127. The molecule has 0 aliphatic rings. The average Bonchev–Trinajstić information content (AvgIpc) is 4.10. The number of carbonyl (C=O) groups is 4. The molecular weight excluding hydrogens is 1220 g/mol. The smallest absolute Gasteiger partial charge is 0.328 e. The lowest BCUT2D eigenvalue weighted by atomic mass is 10.2. The van der Waals surface area contributed by atoms with E-state index in [0.717, 1.165) is 23.8 Å². The number of nitrogens with two attached hydrogens (primary N) is 2. The van der Waals surface area contributed by atoms with Crippen LogP contribution in [0.2, 0.25) is 0 Å². The summed E-state index contributed by atoms with van der Waals surface area (Å²) in [5.74, 6) is 2.18. The van der Waals surface area contributed by atoms with Crippen molar-refractivity contribution in [3.63, 3.8) is 0 Å². The lowest BCUT2D eigenvalue weighted by molar-refractivity contribution is -0.156. The van der Waals surface area contributed by atoms with Gasteiger partial charge in [-0.3, -0.25) is 24.3 Å². The minimum absolute atomic E-state index is 0.0499. The third-order valence-electron chi connectivity index (χ3n) is 8.51. The molecule has 25 nitrogen and oxygen atoms in total. The number of nitrogens with zero attached hydrogens (tertiary/aromatic N) is 13. The second-order valence-electron chi connectivity index (χ2n) is 18.2. The van der Waals surface area contributed by atoms with E-state index in [1.165, 1.54) is 16.3 Å². The van der Waals surface area contributed by atoms with Gasteiger partial charge in [0.1, 0.15) is 61.5 Å². The number of rotatable bonds is 8. The number of aromatic nitrogens is 12. The molecule has 8 rings (SSSR count). The Morgan fingerprint density at radius 3 is 1.56 bits per heavy atom. The fraction of sp³-hybridized carbons (Fsp3) is 0.362. The molecule has 0 spiro atoms. The summed E-state index contributed by atoms with van der Waals surface area (Å²) in [5, 5.41) is 49.7. The van der Waals surface area contributed by atoms with Crippen LogP contribution >= 0.6 is 56.8 Å². The zero-order valence-electron chi connectivity index (χ0n) is 42.6. The van der Waals surface area contributed by atoms with Crippen molar-refractivity contribution < 1.29 is 43.8 Å². The number of aromatic amines is 1. The number of Topliss-reactive ketones (excluding diaryl/α,β-unsaturated/α-hetero) is 1. The zero-order chi connectivity index (χ0) is 56.3. The van der Waals surface area contributed by atoms with Gasteiger partial charge in [-0.1, -0.05) is 5.16 Å². The molecule has 8 aromatic heterocycles. The van der Waals surface area contributed by atoms with Gasteiger partial charge in [0, 0.05) is 24.8 Å². The Bertz CT molecular complexity index is 3270. The predicted octanol–water partition coefficient (Wildman–Crippen LogP) is 6.60. The molecule has 28 heteroatoms. The highest BCUT2D eigenvalue weighted by molar-refractivity contribution is 14.1. The molecule has 0 atom stereocenters. The van der Waals surface area contributed by atoms with Crippen LogP contribution in [0.5, 0.6) is 0 Å². The van der Waals surface area contributed by atoms with Gasteiger partial charge in [0.25, 0.3) is 0 Å². The first kappa shape index (κ1) is 62.3. The Hall–Kier alpha value is -7.01. The van der Waals surface area contributed by atoms with Crippen molar-refractivity contribution in [2.75, 3.05) is 5.88 Å². The van der Waals surface area contributed by atoms with Gasteiger partial charge in [0.15, 0.2) is 39.9 Å². The molecule has 0 unspecified atom stereocenters. The molecule has 0 bridgehead atoms. The normalized spacial score (nSPS) is 11.2. The Morgan fingerprint density at radius 1 is 0.680 bits per heavy atom. The molecule has 75 heavy (non-hydrogen) atoms. The van der Waals surface area contributed by atoms with Crippen LogP contribution in [-0.4, -0.2) is 122 Å². The first-order valence-electron chi connectivity index (χ1n) is 22.1. The number of carbonyl (C=O) groups excluding carboxylic acids is 4. The predicted molar refractivity (Wildman–Crippen MR) is 294 cm³/mol. The second-order valence-corrected chi connectivity index (χ2v) is 20.6. The number of esters is 3. The van der Waals surface area contributed by atoms with E-state index in [1.807, 2.05) is 51.1 Å². The van der Waals surface area contributed by atoms with Gasteiger partial charge in [-0.25, -0.2) is 39.9 Å². The van der Waals surface area contributed by atoms with Crippen LogP contribution in [0, 0.1) is 18.7 Å². The summed E-state index contributed by atoms with van der Waals surface area (Å²) in [6.45, 7) is 17.9. The van der Waals surface area contributed by atoms with Gasteiger partial charge in [0.2, 0.25) is 0 Å². The van der Waals surface area contributed by atoms with Gasteiger partial charge in [-0.05, 0) is 163 Å². The van der Waals surface area contributed by atoms with E-state index < -0.39 is 22.8 Å². The molecule has 0 aliphatic carbocycles. The zero-order valence-corrected chi connectivity index (χ0v) is 47.7. The molecule has 8 heterocycles. The number of pyridine rings is 4. The van der Waals surface area contributed by atoms with Crippen molar-refractivity contribution in [1.82, 2.24) is 59.5 Å². The van der Waals surface area contributed by atoms with E-state index in [9.17, 15) is 19.2 Å². The second kappa shape index (κ2) is 28.6. The number of ketones is 1. The Balaban J connectivity index is 0.000000251. The first-order valence-corrected chi connectivity index (χ1v) is 24.8. The number of oxime groups is 1. The molecule has 0 amide bonds. The number of hydrogen-bond acceptors (Lipinski definition) is 20. The standard InChI is InChI=1S/C13H14N4O2.C12H14IN3O2.C10H11N5O2.C6H11ClO2.C6H4IN3.H3NO/c1-13(2,3)19-11(18)8-17-12-9(5-4-6-15-12)10(7-14)16-17;1-12(2,3)18-9(17)7-16-11-8(10(13)15-16)5-4-6-14-11;1-6(16)5-15-10-7(3-2-4-12-10)8(13-15)9(11)14-17;1-6(2,3)9-5(8)4-7;7-5-4-2-1-3-8-6(4)10-9-5;1-2/h4-6H,8H2,1-3H3;4-6H,7H2,1-3H3;2-4,17H,5H2,1H3,(H2,11,14);4H2,1-3H3;1-3H,(H,8,9,10);2H,1H2. The number of H-pyrrole nitrogens is 1. The van der Waals surface area contributed by atoms with E-state index >= 15 is 0 Å². The van der Waals surface area contributed by atoms with E-state index in [1.54, 1.807) is 95.3 Å². The number of ether oxygens (including phenoxy) is 3. The van der Waals surface area contributed by atoms with Crippen LogP contribution in [0.15, 0.2) is 78.5 Å². The van der Waals surface area contributed by atoms with Crippen molar-refractivity contribution in [1.29, 1.82) is 5.26 Å². The topological polar surface area (TPSA) is 358 Å². The summed E-state index contributed by atoms with van der Waals surface area (Å²) in [5.41, 5.74) is 7.16. The summed E-state index contributed by atoms with van der Waals surface area (Å²) in [6.07, 6.45) is 6.61. The summed E-state index contributed by atoms with van der Waals surface area (Å²) >= 11 is 9.51. The molecule has 400 valence electrons. The summed E-state index contributed by atoms with van der Waals surface area (Å²) in [7, 11) is 0. The van der Waals surface area contributed by atoms with Crippen LogP contribution in [0.1, 0.15) is 80.6 Å². The Kier molecular flexibility index (Phi) is 23.8. The molecule has 0 saturated carbocycles. The van der Waals surface area contributed by atoms with Crippen molar-refractivity contribution in [3.8, 4) is 6.07 Å². The summed E-state index contributed by atoms with van der Waals surface area (Å²) < 4.78 is 21.6. The summed E-state index contributed by atoms with van der Waals surface area (Å²) in [4.78, 5) is 61.7. The SMILES string of the molecule is CC(=O)Cn1nc(C(N)=NO)c2cccnc21.CC(C)(C)OC(=O)CCl.CC(C)(C)OC(=O)Cn1nc(C#N)c2cccnc21.CC(C)(C)OC(=O)Cn1nc(I)c2cccnc21.Ic1[nH]nc2ncccc12.NO. The van der Waals surface area contributed by atoms with E-state index in [-0.39, 0.29) is 54.8 Å². The lowest BCUT2D eigenvalue weighted by Gasteiger charge is -2.19. The van der Waals surface area contributed by atoms with E-state index in [4.69, 9.17) is 47.2 Å². The Labute approximate surface area is 462 Å². The van der Waals surface area contributed by atoms with Crippen LogP contribution < -0.4 is 11.6 Å². The van der Waals surface area contributed by atoms with Crippen LogP contribution in [0.4, 0.5) is 0 Å². The number of amidine groups is 1. The van der Waals surface area contributed by atoms with Crippen molar-refractivity contribution >= 4 is 130 Å². The molecule has 0 aliphatic heterocycles. The average molecular weight is 1280 g/mol. The number of nitrogens with one attached hydrogen (secondary N) is 1. The fourth-order valence-corrected chi connectivity index (χ4v) is 7.31. The van der Waals surface area contributed by atoms with Crippen molar-refractivity contribution in [3.05, 3.63) is 92.1 Å². The van der Waals surface area contributed by atoms with Crippen LogP contribution in [-0.2, 0) is 53.0 Å². The fourth-order valence-electron chi connectivity index (χ4n) is 6.03. The Morgan fingerprint density at radius 2 is 1.11 bits per heavy atom. The quantitative estimate of drug-likeness (QED) is 0.0156. The minimum atomic E-state index is -0.550. The molecule has 0 fully saturated rings. The highest BCUT2D eigenvalue weighted by Crippen LogP contribution is 2.20. The number of hydrogen-bond donors (Lipinski definition) is 5. The number of alkyl halides is 1. The molecule has 0 saturated heterocycles. The van der Waals surface area contributed by atoms with Crippen LogP contribution in [0.3, 0.4) is 0 Å². The monoisotopic (exact) mass is 1280 g/mol. The molecule has 7 N–H and O–H groups in total.